The number of hydrogen-bond donors (Lipinski definition) is 3. The lowest BCUT2D eigenvalue weighted by Crippen LogP contribution is -2.48. The average molecular weight is 545 g/mol. The van der Waals surface area contributed by atoms with Crippen molar-refractivity contribution < 1.29 is 19.1 Å². The van der Waals surface area contributed by atoms with Gasteiger partial charge < -0.3 is 9.47 Å². The molecular formula is C19H19Br2N3O4S. The fourth-order valence-corrected chi connectivity index (χ4v) is 3.35. The molecule has 0 spiro atoms. The van der Waals surface area contributed by atoms with Crippen molar-refractivity contribution in [2.75, 3.05) is 7.11 Å². The molecule has 0 heterocycles. The van der Waals surface area contributed by atoms with Gasteiger partial charge in [-0.1, -0.05) is 0 Å². The molecule has 0 saturated heterocycles. The van der Waals surface area contributed by atoms with Crippen LogP contribution >= 0.6 is 44.1 Å². The van der Waals surface area contributed by atoms with Crippen molar-refractivity contribution in [1.29, 1.82) is 0 Å². The molecular weight excluding hydrogens is 526 g/mol. The molecule has 0 aliphatic heterocycles. The van der Waals surface area contributed by atoms with Crippen LogP contribution in [0.5, 0.6) is 11.5 Å². The first-order chi connectivity index (χ1) is 13.7. The second-order valence-corrected chi connectivity index (χ2v) is 8.14. The Kier molecular flexibility index (Phi) is 8.42. The highest BCUT2D eigenvalue weighted by Crippen LogP contribution is 2.27. The molecule has 0 bridgehead atoms. The topological polar surface area (TPSA) is 88.7 Å². The van der Waals surface area contributed by atoms with Crippen LogP contribution in [0.1, 0.15) is 34.6 Å². The van der Waals surface area contributed by atoms with E-state index in [-0.39, 0.29) is 11.2 Å². The van der Waals surface area contributed by atoms with E-state index in [1.54, 1.807) is 36.4 Å². The highest BCUT2D eigenvalue weighted by molar-refractivity contribution is 9.10. The first-order valence-corrected chi connectivity index (χ1v) is 10.4. The number of methoxy groups -OCH3 is 1. The third kappa shape index (κ3) is 6.69. The SMILES string of the molecule is COc1ccc(C(=O)NNC(=S)NC(=O)c2ccc(OC(C)C)c(Br)c2)cc1Br. The van der Waals surface area contributed by atoms with Crippen LogP contribution < -0.4 is 25.6 Å². The Labute approximate surface area is 190 Å². The molecule has 0 aliphatic carbocycles. The smallest absolute Gasteiger partial charge is 0.269 e. The average Bonchev–Trinajstić information content (AvgIpc) is 2.67. The van der Waals surface area contributed by atoms with Crippen molar-refractivity contribution in [2.24, 2.45) is 0 Å². The van der Waals surface area contributed by atoms with Crippen molar-refractivity contribution in [1.82, 2.24) is 16.2 Å². The number of carbonyl (C=O) groups excluding carboxylic acids is 2. The fraction of sp³-hybridized carbons (Fsp3) is 0.211. The highest BCUT2D eigenvalue weighted by Gasteiger charge is 2.13. The standard InChI is InChI=1S/C19H19Br2N3O4S/c1-10(2)28-16-7-5-11(8-14(16)21)17(25)22-19(29)24-23-18(26)12-4-6-15(27-3)13(20)9-12/h4-10H,1-3H3,(H,23,26)(H2,22,24,25,29). The summed E-state index contributed by atoms with van der Waals surface area (Å²) < 4.78 is 12.0. The molecule has 3 N–H and O–H groups in total. The number of thiocarbonyl (C=S) groups is 1. The van der Waals surface area contributed by atoms with Gasteiger partial charge in [0.2, 0.25) is 0 Å². The van der Waals surface area contributed by atoms with Crippen LogP contribution in [0.25, 0.3) is 0 Å². The summed E-state index contributed by atoms with van der Waals surface area (Å²) in [4.78, 5) is 24.5. The predicted octanol–water partition coefficient (Wildman–Crippen LogP) is 3.96. The third-order valence-corrected chi connectivity index (χ3v) is 4.93. The Hall–Kier alpha value is -2.17. The van der Waals surface area contributed by atoms with Gasteiger partial charge in [-0.05, 0) is 94.3 Å². The number of halogens is 2. The number of amides is 2. The monoisotopic (exact) mass is 543 g/mol. The maximum Gasteiger partial charge on any atom is 0.269 e. The van der Waals surface area contributed by atoms with Gasteiger partial charge in [0, 0.05) is 11.1 Å². The second-order valence-electron chi connectivity index (χ2n) is 6.02. The van der Waals surface area contributed by atoms with Gasteiger partial charge in [0.25, 0.3) is 11.8 Å². The molecule has 29 heavy (non-hydrogen) atoms. The number of carbonyl (C=O) groups is 2. The van der Waals surface area contributed by atoms with Gasteiger partial charge in [0.05, 0.1) is 22.2 Å². The van der Waals surface area contributed by atoms with Crippen LogP contribution in [0.3, 0.4) is 0 Å². The number of hydrazine groups is 1. The highest BCUT2D eigenvalue weighted by atomic mass is 79.9. The summed E-state index contributed by atoms with van der Waals surface area (Å²) in [7, 11) is 1.53. The Bertz CT molecular complexity index is 938. The zero-order valence-electron chi connectivity index (χ0n) is 15.8. The van der Waals surface area contributed by atoms with E-state index in [0.29, 0.717) is 31.6 Å². The molecule has 0 aliphatic rings. The summed E-state index contributed by atoms with van der Waals surface area (Å²) in [6.07, 6.45) is 0.0118. The van der Waals surface area contributed by atoms with Gasteiger partial charge in [0.15, 0.2) is 5.11 Å². The maximum atomic E-state index is 12.3. The van der Waals surface area contributed by atoms with Crippen LogP contribution in [0.4, 0.5) is 0 Å². The van der Waals surface area contributed by atoms with Gasteiger partial charge >= 0.3 is 0 Å². The number of hydrogen-bond acceptors (Lipinski definition) is 5. The number of nitrogens with one attached hydrogen (secondary N) is 3. The summed E-state index contributed by atoms with van der Waals surface area (Å²) in [5.41, 5.74) is 5.68. The molecule has 2 amide bonds. The molecule has 2 rings (SSSR count). The molecule has 7 nitrogen and oxygen atoms in total. The van der Waals surface area contributed by atoms with Crippen LogP contribution in [-0.2, 0) is 0 Å². The van der Waals surface area contributed by atoms with Crippen LogP contribution in [-0.4, -0.2) is 30.1 Å². The Balaban J connectivity index is 1.91. The predicted molar refractivity (Wildman–Crippen MR) is 121 cm³/mol. The first-order valence-electron chi connectivity index (χ1n) is 8.42. The Morgan fingerprint density at radius 3 is 2.00 bits per heavy atom. The molecule has 154 valence electrons. The molecule has 2 aromatic rings. The second kappa shape index (κ2) is 10.6. The Morgan fingerprint density at radius 1 is 0.931 bits per heavy atom. The minimum absolute atomic E-state index is 0.0118. The summed E-state index contributed by atoms with van der Waals surface area (Å²) in [6.45, 7) is 3.83. The van der Waals surface area contributed by atoms with E-state index in [4.69, 9.17) is 21.7 Å². The lowest BCUT2D eigenvalue weighted by atomic mass is 10.2. The van der Waals surface area contributed by atoms with E-state index < -0.39 is 11.8 Å². The van der Waals surface area contributed by atoms with Gasteiger partial charge in [-0.3, -0.25) is 25.8 Å². The lowest BCUT2D eigenvalue weighted by Gasteiger charge is -2.13. The summed E-state index contributed by atoms with van der Waals surface area (Å²) in [6, 6.07) is 9.80. The van der Waals surface area contributed by atoms with E-state index in [2.05, 4.69) is 48.0 Å². The lowest BCUT2D eigenvalue weighted by molar-refractivity contribution is 0.0934. The van der Waals surface area contributed by atoms with Crippen molar-refractivity contribution in [2.45, 2.75) is 20.0 Å². The van der Waals surface area contributed by atoms with Gasteiger partial charge in [-0.2, -0.15) is 0 Å². The zero-order chi connectivity index (χ0) is 21.6. The maximum absolute atomic E-state index is 12.3. The minimum Gasteiger partial charge on any atom is -0.496 e. The molecule has 0 saturated carbocycles. The van der Waals surface area contributed by atoms with Crippen LogP contribution in [0, 0.1) is 0 Å². The van der Waals surface area contributed by atoms with Crippen LogP contribution in [0.15, 0.2) is 45.3 Å². The van der Waals surface area contributed by atoms with Gasteiger partial charge in [-0.15, -0.1) is 0 Å². The fourth-order valence-electron chi connectivity index (χ4n) is 2.19. The summed E-state index contributed by atoms with van der Waals surface area (Å²) in [5, 5.41) is 2.45. The van der Waals surface area contributed by atoms with Crippen molar-refractivity contribution in [3.63, 3.8) is 0 Å². The zero-order valence-corrected chi connectivity index (χ0v) is 19.8. The number of ether oxygens (including phenoxy) is 2. The van der Waals surface area contributed by atoms with Crippen LogP contribution in [0.2, 0.25) is 0 Å². The van der Waals surface area contributed by atoms with Gasteiger partial charge in [0.1, 0.15) is 11.5 Å². The number of rotatable bonds is 5. The molecule has 0 fully saturated rings. The van der Waals surface area contributed by atoms with E-state index in [0.717, 1.165) is 0 Å². The minimum atomic E-state index is -0.430. The Morgan fingerprint density at radius 2 is 1.48 bits per heavy atom. The molecule has 0 atom stereocenters. The van der Waals surface area contributed by atoms with Crippen molar-refractivity contribution >= 4 is 61.0 Å². The molecule has 0 aromatic heterocycles. The van der Waals surface area contributed by atoms with E-state index in [1.807, 2.05) is 13.8 Å². The van der Waals surface area contributed by atoms with Crippen molar-refractivity contribution in [3.8, 4) is 11.5 Å². The third-order valence-electron chi connectivity index (χ3n) is 3.49. The van der Waals surface area contributed by atoms with Gasteiger partial charge in [-0.25, -0.2) is 0 Å². The van der Waals surface area contributed by atoms with E-state index in [9.17, 15) is 9.59 Å². The number of benzene rings is 2. The molecule has 0 radical (unpaired) electrons. The molecule has 0 unspecified atom stereocenters. The normalized spacial score (nSPS) is 10.3. The van der Waals surface area contributed by atoms with Crippen molar-refractivity contribution in [3.05, 3.63) is 56.5 Å². The quantitative estimate of drug-likeness (QED) is 0.390. The molecule has 2 aromatic carbocycles. The van der Waals surface area contributed by atoms with E-state index in [1.165, 1.54) is 7.11 Å². The largest absolute Gasteiger partial charge is 0.496 e. The summed E-state index contributed by atoms with van der Waals surface area (Å²) >= 11 is 11.8. The van der Waals surface area contributed by atoms with E-state index >= 15 is 0 Å². The summed E-state index contributed by atoms with van der Waals surface area (Å²) in [5.74, 6) is 0.382. The molecule has 10 heteroatoms. The first kappa shape index (κ1) is 23.1.